The van der Waals surface area contributed by atoms with Crippen molar-refractivity contribution < 1.29 is 17.9 Å². The van der Waals surface area contributed by atoms with Crippen molar-refractivity contribution >= 4 is 15.9 Å². The van der Waals surface area contributed by atoms with Gasteiger partial charge in [-0.25, -0.2) is 13.4 Å². The summed E-state index contributed by atoms with van der Waals surface area (Å²) in [4.78, 5) is 15.2. The molecule has 0 unspecified atom stereocenters. The third-order valence-corrected chi connectivity index (χ3v) is 4.34. The van der Waals surface area contributed by atoms with Crippen LogP contribution in [-0.2, 0) is 19.6 Å². The summed E-state index contributed by atoms with van der Waals surface area (Å²) in [5.41, 5.74) is 0.119. The lowest BCUT2D eigenvalue weighted by molar-refractivity contribution is -0.121. The third kappa shape index (κ3) is 4.78. The minimum Gasteiger partial charge on any atom is -0.383 e. The molecule has 0 bridgehead atoms. The fraction of sp³-hybridized carbons (Fsp3) is 0.417. The highest BCUT2D eigenvalue weighted by Crippen LogP contribution is 2.12. The van der Waals surface area contributed by atoms with Crippen LogP contribution in [0, 0.1) is 11.3 Å². The molecule has 1 rings (SSSR count). The van der Waals surface area contributed by atoms with Crippen LogP contribution in [0.15, 0.2) is 23.2 Å². The maximum atomic E-state index is 12.2. The Morgan fingerprint density at radius 1 is 1.52 bits per heavy atom. The van der Waals surface area contributed by atoms with Crippen LogP contribution in [-0.4, -0.2) is 57.5 Å². The van der Waals surface area contributed by atoms with Gasteiger partial charge in [-0.05, 0) is 12.1 Å². The number of nitrogens with zero attached hydrogens (tertiary/aromatic N) is 3. The molecule has 114 valence electrons. The van der Waals surface area contributed by atoms with E-state index in [1.165, 1.54) is 26.3 Å². The molecular formula is C12H16N4O4S. The van der Waals surface area contributed by atoms with E-state index in [9.17, 15) is 13.2 Å². The fourth-order valence-electron chi connectivity index (χ4n) is 1.41. The first kappa shape index (κ1) is 17.0. The van der Waals surface area contributed by atoms with E-state index in [1.54, 1.807) is 6.07 Å². The highest BCUT2D eigenvalue weighted by atomic mass is 32.2. The second-order valence-electron chi connectivity index (χ2n) is 4.09. The molecule has 0 aliphatic rings. The van der Waals surface area contributed by atoms with Crippen LogP contribution in [0.2, 0.25) is 0 Å². The summed E-state index contributed by atoms with van der Waals surface area (Å²) < 4.78 is 30.1. The molecule has 1 N–H and O–H groups in total. The van der Waals surface area contributed by atoms with Gasteiger partial charge < -0.3 is 10.1 Å². The summed E-state index contributed by atoms with van der Waals surface area (Å²) >= 11 is 0. The van der Waals surface area contributed by atoms with Crippen molar-refractivity contribution in [2.45, 2.75) is 4.90 Å². The lowest BCUT2D eigenvalue weighted by Gasteiger charge is -2.16. The number of rotatable bonds is 7. The fourth-order valence-corrected chi connectivity index (χ4v) is 2.49. The second kappa shape index (κ2) is 7.68. The van der Waals surface area contributed by atoms with Crippen molar-refractivity contribution in [2.75, 3.05) is 33.9 Å². The molecule has 0 atom stereocenters. The molecule has 21 heavy (non-hydrogen) atoms. The minimum atomic E-state index is -3.82. The molecule has 0 spiro atoms. The predicted molar refractivity (Wildman–Crippen MR) is 73.7 cm³/mol. The highest BCUT2D eigenvalue weighted by molar-refractivity contribution is 7.89. The average molecular weight is 312 g/mol. The van der Waals surface area contributed by atoms with Gasteiger partial charge in [0, 0.05) is 26.9 Å². The molecule has 0 saturated carbocycles. The lowest BCUT2D eigenvalue weighted by Crippen LogP contribution is -2.39. The number of nitrogens with one attached hydrogen (secondary N) is 1. The first-order valence-corrected chi connectivity index (χ1v) is 7.44. The number of carbonyl (C=O) groups excluding carboxylic acids is 1. The van der Waals surface area contributed by atoms with Gasteiger partial charge in [0.2, 0.25) is 15.9 Å². The summed E-state index contributed by atoms with van der Waals surface area (Å²) in [6.45, 7) is 0.343. The predicted octanol–water partition coefficient (Wildman–Crippen LogP) is -0.664. The molecule has 1 amide bonds. The van der Waals surface area contributed by atoms with E-state index in [-0.39, 0.29) is 17.1 Å². The van der Waals surface area contributed by atoms with Gasteiger partial charge in [-0.1, -0.05) is 0 Å². The Morgan fingerprint density at radius 2 is 2.24 bits per heavy atom. The molecule has 0 aliphatic carbocycles. The Labute approximate surface area is 123 Å². The molecule has 8 nitrogen and oxygen atoms in total. The SMILES string of the molecule is COCCNC(=O)CN(C)S(=O)(=O)c1ccc(C#N)nc1. The molecule has 0 fully saturated rings. The summed E-state index contributed by atoms with van der Waals surface area (Å²) in [5, 5.41) is 11.2. The number of hydrogen-bond acceptors (Lipinski definition) is 6. The number of methoxy groups -OCH3 is 1. The van der Waals surface area contributed by atoms with Gasteiger partial charge in [0.15, 0.2) is 0 Å². The topological polar surface area (TPSA) is 112 Å². The first-order chi connectivity index (χ1) is 9.91. The maximum Gasteiger partial charge on any atom is 0.244 e. The van der Waals surface area contributed by atoms with Gasteiger partial charge in [0.1, 0.15) is 16.7 Å². The monoisotopic (exact) mass is 312 g/mol. The van der Waals surface area contributed by atoms with E-state index in [0.717, 1.165) is 10.5 Å². The summed E-state index contributed by atoms with van der Waals surface area (Å²) in [6.07, 6.45) is 1.09. The van der Waals surface area contributed by atoms with Gasteiger partial charge >= 0.3 is 0 Å². The molecule has 1 aromatic rings. The summed E-state index contributed by atoms with van der Waals surface area (Å²) in [6, 6.07) is 4.38. The van der Waals surface area contributed by atoms with Crippen molar-refractivity contribution in [2.24, 2.45) is 0 Å². The number of likely N-dealkylation sites (N-methyl/N-ethyl adjacent to an activating group) is 1. The van der Waals surface area contributed by atoms with Gasteiger partial charge in [0.05, 0.1) is 13.2 Å². The van der Waals surface area contributed by atoms with E-state index in [0.29, 0.717) is 13.2 Å². The van der Waals surface area contributed by atoms with Crippen molar-refractivity contribution in [1.82, 2.24) is 14.6 Å². The Morgan fingerprint density at radius 3 is 2.76 bits per heavy atom. The smallest absolute Gasteiger partial charge is 0.244 e. The number of hydrogen-bond donors (Lipinski definition) is 1. The van der Waals surface area contributed by atoms with Crippen LogP contribution < -0.4 is 5.32 Å². The normalized spacial score (nSPS) is 11.1. The highest BCUT2D eigenvalue weighted by Gasteiger charge is 2.23. The summed E-state index contributed by atoms with van der Waals surface area (Å²) in [5.74, 6) is -0.431. The number of carbonyl (C=O) groups is 1. The Balaban J connectivity index is 2.72. The van der Waals surface area contributed by atoms with E-state index in [2.05, 4.69) is 10.3 Å². The molecule has 1 aromatic heterocycles. The van der Waals surface area contributed by atoms with Crippen molar-refractivity contribution in [1.29, 1.82) is 5.26 Å². The van der Waals surface area contributed by atoms with Gasteiger partial charge in [-0.2, -0.15) is 9.57 Å². The molecule has 0 saturated heterocycles. The largest absolute Gasteiger partial charge is 0.383 e. The van der Waals surface area contributed by atoms with Crippen LogP contribution in [0.3, 0.4) is 0 Å². The number of nitriles is 1. The number of pyridine rings is 1. The van der Waals surface area contributed by atoms with E-state index in [1.807, 2.05) is 0 Å². The quantitative estimate of drug-likeness (QED) is 0.669. The maximum absolute atomic E-state index is 12.2. The van der Waals surface area contributed by atoms with Gasteiger partial charge in [-0.15, -0.1) is 0 Å². The molecule has 1 heterocycles. The zero-order chi connectivity index (χ0) is 15.9. The molecule has 0 aromatic carbocycles. The second-order valence-corrected chi connectivity index (χ2v) is 6.14. The van der Waals surface area contributed by atoms with E-state index in [4.69, 9.17) is 10.00 Å². The van der Waals surface area contributed by atoms with Crippen molar-refractivity contribution in [3.8, 4) is 6.07 Å². The van der Waals surface area contributed by atoms with Crippen LogP contribution in [0.5, 0.6) is 0 Å². The van der Waals surface area contributed by atoms with Crippen LogP contribution in [0.25, 0.3) is 0 Å². The van der Waals surface area contributed by atoms with E-state index < -0.39 is 15.9 Å². The van der Waals surface area contributed by atoms with Crippen molar-refractivity contribution in [3.05, 3.63) is 24.0 Å². The standard InChI is InChI=1S/C12H16N4O4S/c1-16(9-12(17)14-5-6-20-2)21(18,19)11-4-3-10(7-13)15-8-11/h3-4,8H,5-6,9H2,1-2H3,(H,14,17). The van der Waals surface area contributed by atoms with Crippen LogP contribution in [0.1, 0.15) is 5.69 Å². The zero-order valence-electron chi connectivity index (χ0n) is 11.7. The molecule has 9 heteroatoms. The Hall–Kier alpha value is -2.02. The Bertz CT molecular complexity index is 622. The molecule has 0 radical (unpaired) electrons. The Kier molecular flexibility index (Phi) is 6.23. The van der Waals surface area contributed by atoms with Gasteiger partial charge in [0.25, 0.3) is 0 Å². The first-order valence-electron chi connectivity index (χ1n) is 6.00. The average Bonchev–Trinajstić information content (AvgIpc) is 2.47. The third-order valence-electron chi connectivity index (χ3n) is 2.55. The van der Waals surface area contributed by atoms with E-state index >= 15 is 0 Å². The lowest BCUT2D eigenvalue weighted by atomic mass is 10.4. The van der Waals surface area contributed by atoms with Crippen LogP contribution >= 0.6 is 0 Å². The minimum absolute atomic E-state index is 0.0753. The number of ether oxygens (including phenoxy) is 1. The van der Waals surface area contributed by atoms with Crippen LogP contribution in [0.4, 0.5) is 0 Å². The molecular weight excluding hydrogens is 296 g/mol. The van der Waals surface area contributed by atoms with Crippen molar-refractivity contribution in [3.63, 3.8) is 0 Å². The number of aromatic nitrogens is 1. The number of sulfonamides is 1. The van der Waals surface area contributed by atoms with Gasteiger partial charge in [-0.3, -0.25) is 4.79 Å². The number of amides is 1. The summed E-state index contributed by atoms with van der Waals surface area (Å²) in [7, 11) is -1.02. The molecule has 0 aliphatic heterocycles. The zero-order valence-corrected chi connectivity index (χ0v) is 12.6.